The van der Waals surface area contributed by atoms with Crippen molar-refractivity contribution in [1.82, 2.24) is 0 Å². The molecule has 0 saturated carbocycles. The van der Waals surface area contributed by atoms with Gasteiger partial charge in [-0.15, -0.1) is 0 Å². The molecule has 0 aliphatic heterocycles. The number of aliphatic hydroxyl groups excluding tert-OH is 2. The number of hydrogen-bond acceptors (Lipinski definition) is 8. The second-order valence-electron chi connectivity index (χ2n) is 6.55. The van der Waals surface area contributed by atoms with Crippen LogP contribution in [0, 0.1) is 0 Å². The van der Waals surface area contributed by atoms with Gasteiger partial charge in [0.25, 0.3) is 5.97 Å². The molecule has 9 heteroatoms. The third kappa shape index (κ3) is 7.93. The van der Waals surface area contributed by atoms with Gasteiger partial charge in [0.1, 0.15) is 49.5 Å². The van der Waals surface area contributed by atoms with Crippen LogP contribution in [0.5, 0.6) is 0 Å². The second-order valence-corrected chi connectivity index (χ2v) is 6.55. The zero-order valence-corrected chi connectivity index (χ0v) is 18.6. The van der Waals surface area contributed by atoms with Gasteiger partial charge in [0.2, 0.25) is 0 Å². The number of rotatable bonds is 8. The van der Waals surface area contributed by atoms with Crippen molar-refractivity contribution in [2.75, 3.05) is 0 Å². The fraction of sp³-hybridized carbons (Fsp3) is 0.167. The Hall–Kier alpha value is -3.36. The monoisotopic (exact) mass is 494 g/mol. The van der Waals surface area contributed by atoms with Crippen LogP contribution in [0.1, 0.15) is 43.8 Å². The zero-order chi connectivity index (χ0) is 22.8. The fourth-order valence-electron chi connectivity index (χ4n) is 2.63. The number of esters is 2. The average Bonchev–Trinajstić information content (AvgIpc) is 3.63. The fourth-order valence-corrected chi connectivity index (χ4v) is 2.63. The van der Waals surface area contributed by atoms with Crippen LogP contribution in [0.15, 0.2) is 81.6 Å². The second kappa shape index (κ2) is 13.2. The first-order valence-corrected chi connectivity index (χ1v) is 9.73. The smallest absolute Gasteiger partial charge is 0.281 e. The Bertz CT molecular complexity index is 1000. The van der Waals surface area contributed by atoms with E-state index >= 15 is 0 Å². The van der Waals surface area contributed by atoms with Gasteiger partial charge in [-0.25, -0.2) is 12.1 Å². The summed E-state index contributed by atoms with van der Waals surface area (Å²) in [5.41, 5.74) is 1.04. The van der Waals surface area contributed by atoms with Crippen LogP contribution in [0.2, 0.25) is 0 Å². The molecular weight excluding hydrogens is 472 g/mol. The van der Waals surface area contributed by atoms with E-state index in [2.05, 4.69) is 0 Å². The van der Waals surface area contributed by atoms with Crippen molar-refractivity contribution < 1.29 is 55.2 Å². The average molecular weight is 494 g/mol. The maximum atomic E-state index is 11.4. The van der Waals surface area contributed by atoms with Crippen molar-refractivity contribution in [3.63, 3.8) is 0 Å². The van der Waals surface area contributed by atoms with E-state index in [-0.39, 0.29) is 55.4 Å². The number of aliphatic hydroxyl groups is 2. The van der Waals surface area contributed by atoms with Crippen LogP contribution in [0.25, 0.3) is 0 Å². The summed E-state index contributed by atoms with van der Waals surface area (Å²) in [5, 5.41) is 17.6. The predicted molar refractivity (Wildman–Crippen MR) is 112 cm³/mol. The van der Waals surface area contributed by atoms with Crippen LogP contribution in [-0.2, 0) is 53.0 Å². The van der Waals surface area contributed by atoms with Gasteiger partial charge < -0.3 is 63.1 Å². The number of carbonyl (C=O) groups is 2. The first-order chi connectivity index (χ1) is 15.6. The van der Waals surface area contributed by atoms with Gasteiger partial charge in [-0.3, -0.25) is 4.79 Å². The number of carbonyl (C=O) groups excluding carboxylic acids is 2. The summed E-state index contributed by atoms with van der Waals surface area (Å²) in [4.78, 5) is 22.9. The third-order valence-corrected chi connectivity index (χ3v) is 4.23. The summed E-state index contributed by atoms with van der Waals surface area (Å²) in [6.45, 7) is -0.165. The Labute approximate surface area is 200 Å². The molecule has 0 atom stereocenters. The summed E-state index contributed by atoms with van der Waals surface area (Å²) < 4.78 is 20.4. The minimum atomic E-state index is -0.382. The Balaban J connectivity index is 0.000000227. The van der Waals surface area contributed by atoms with Gasteiger partial charge >= 0.3 is 0 Å². The molecule has 4 aromatic rings. The van der Waals surface area contributed by atoms with E-state index < -0.39 is 0 Å². The SMILES string of the molecule is O=C(OCc1ccc(CO)o1)[c-]1[cH-][cH-][cH-][cH-]1.O=C(OCc1ccc(CO)o1)[c-]1cccc1.[Fe]. The zero-order valence-electron chi connectivity index (χ0n) is 17.5. The summed E-state index contributed by atoms with van der Waals surface area (Å²) in [5.74, 6) is 1.19. The Kier molecular flexibility index (Phi) is 10.4. The molecule has 0 unspecified atom stereocenters. The van der Waals surface area contributed by atoms with Crippen LogP contribution in [0.3, 0.4) is 0 Å². The molecule has 0 aliphatic carbocycles. The molecule has 0 radical (unpaired) electrons. The molecule has 0 spiro atoms. The van der Waals surface area contributed by atoms with Crippen molar-refractivity contribution in [2.45, 2.75) is 26.4 Å². The molecule has 2 aromatic heterocycles. The summed E-state index contributed by atoms with van der Waals surface area (Å²) in [7, 11) is 0. The maximum Gasteiger partial charge on any atom is 0.281 e. The minimum absolute atomic E-state index is 0. The maximum absolute atomic E-state index is 11.4. The number of hydrogen-bond donors (Lipinski definition) is 2. The third-order valence-electron chi connectivity index (χ3n) is 4.23. The van der Waals surface area contributed by atoms with E-state index in [9.17, 15) is 9.59 Å². The van der Waals surface area contributed by atoms with Gasteiger partial charge in [0.05, 0.1) is 0 Å². The molecule has 0 saturated heterocycles. The number of ether oxygens (including phenoxy) is 2. The van der Waals surface area contributed by atoms with E-state index in [1.54, 1.807) is 72.8 Å². The van der Waals surface area contributed by atoms with Crippen LogP contribution in [-0.4, -0.2) is 22.2 Å². The van der Waals surface area contributed by atoms with Crippen LogP contribution >= 0.6 is 0 Å². The molecule has 2 aromatic carbocycles. The molecular formula is C24H22FeO8-6. The molecule has 0 bridgehead atoms. The normalized spacial score (nSPS) is 10.0. The molecule has 2 heterocycles. The quantitative estimate of drug-likeness (QED) is 0.216. The molecule has 0 fully saturated rings. The van der Waals surface area contributed by atoms with Gasteiger partial charge in [-0.05, 0) is 24.3 Å². The van der Waals surface area contributed by atoms with E-state index in [0.29, 0.717) is 34.2 Å². The van der Waals surface area contributed by atoms with Crippen molar-refractivity contribution in [2.24, 2.45) is 0 Å². The Morgan fingerprint density at radius 1 is 0.788 bits per heavy atom. The van der Waals surface area contributed by atoms with Gasteiger partial charge in [-0.2, -0.15) is 12.1 Å². The molecule has 0 aliphatic rings. The van der Waals surface area contributed by atoms with Crippen molar-refractivity contribution in [3.8, 4) is 0 Å². The minimum Gasteiger partial charge on any atom is -0.680 e. The van der Waals surface area contributed by atoms with E-state index in [1.807, 2.05) is 0 Å². The van der Waals surface area contributed by atoms with Crippen LogP contribution < -0.4 is 0 Å². The molecule has 8 nitrogen and oxygen atoms in total. The molecule has 33 heavy (non-hydrogen) atoms. The van der Waals surface area contributed by atoms with E-state index in [4.69, 9.17) is 28.5 Å². The molecule has 2 N–H and O–H groups in total. The molecule has 180 valence electrons. The standard InChI is InChI=1S/2C12H11O4.Fe/c2*13-7-10-5-6-11(16-10)8-15-12(14)9-3-1-2-4-9;/h2*1-6,13H,7-8H2;/q-5;-1;. The van der Waals surface area contributed by atoms with Crippen LogP contribution in [0.4, 0.5) is 0 Å². The summed E-state index contributed by atoms with van der Waals surface area (Å²) >= 11 is 0. The summed E-state index contributed by atoms with van der Waals surface area (Å²) in [6.07, 6.45) is 0. The molecule has 4 rings (SSSR count). The first kappa shape index (κ1) is 25.9. The van der Waals surface area contributed by atoms with E-state index in [1.165, 1.54) is 0 Å². The van der Waals surface area contributed by atoms with Gasteiger partial charge in [-0.1, -0.05) is 11.5 Å². The first-order valence-electron chi connectivity index (χ1n) is 9.73. The van der Waals surface area contributed by atoms with Gasteiger partial charge in [0, 0.05) is 17.1 Å². The largest absolute Gasteiger partial charge is 0.680 e. The topological polar surface area (TPSA) is 119 Å². The van der Waals surface area contributed by atoms with Crippen molar-refractivity contribution >= 4 is 11.9 Å². The predicted octanol–water partition coefficient (Wildman–Crippen LogP) is 3.69. The molecule has 0 amide bonds. The van der Waals surface area contributed by atoms with Crippen molar-refractivity contribution in [3.05, 3.63) is 107 Å². The number of furan rings is 2. The van der Waals surface area contributed by atoms with Crippen molar-refractivity contribution in [1.29, 1.82) is 0 Å². The Morgan fingerprint density at radius 2 is 1.24 bits per heavy atom. The van der Waals surface area contributed by atoms with Gasteiger partial charge in [0.15, 0.2) is 0 Å². The summed E-state index contributed by atoms with van der Waals surface area (Å²) in [6, 6.07) is 20.5. The van der Waals surface area contributed by atoms with E-state index in [0.717, 1.165) is 0 Å². The Morgan fingerprint density at radius 3 is 1.70 bits per heavy atom.